The Kier molecular flexibility index (Phi) is 4.94. The SMILES string of the molecule is CC(CC(=O)NCC(C)(C)C#N)c1ccc(N)cc1. The highest BCUT2D eigenvalue weighted by molar-refractivity contribution is 5.76. The van der Waals surface area contributed by atoms with E-state index in [4.69, 9.17) is 11.0 Å². The van der Waals surface area contributed by atoms with Crippen molar-refractivity contribution in [2.45, 2.75) is 33.1 Å². The van der Waals surface area contributed by atoms with Crippen LogP contribution in [0.15, 0.2) is 24.3 Å². The minimum Gasteiger partial charge on any atom is -0.399 e. The van der Waals surface area contributed by atoms with E-state index in [1.165, 1.54) is 0 Å². The number of nitriles is 1. The number of carbonyl (C=O) groups excluding carboxylic acids is 1. The van der Waals surface area contributed by atoms with Crippen molar-refractivity contribution in [2.75, 3.05) is 12.3 Å². The summed E-state index contributed by atoms with van der Waals surface area (Å²) in [5, 5.41) is 11.7. The monoisotopic (exact) mass is 259 g/mol. The molecule has 0 radical (unpaired) electrons. The average Bonchev–Trinajstić information content (AvgIpc) is 2.37. The normalized spacial score (nSPS) is 12.5. The van der Waals surface area contributed by atoms with E-state index in [0.717, 1.165) is 11.3 Å². The summed E-state index contributed by atoms with van der Waals surface area (Å²) in [5.74, 6) is 0.0958. The van der Waals surface area contributed by atoms with Crippen molar-refractivity contribution in [3.63, 3.8) is 0 Å². The summed E-state index contributed by atoms with van der Waals surface area (Å²) >= 11 is 0. The molecule has 3 N–H and O–H groups in total. The van der Waals surface area contributed by atoms with Gasteiger partial charge in [-0.2, -0.15) is 5.26 Å². The summed E-state index contributed by atoms with van der Waals surface area (Å²) in [4.78, 5) is 11.8. The first-order chi connectivity index (χ1) is 8.84. The van der Waals surface area contributed by atoms with E-state index >= 15 is 0 Å². The van der Waals surface area contributed by atoms with Gasteiger partial charge in [0.05, 0.1) is 11.5 Å². The number of rotatable bonds is 5. The molecule has 19 heavy (non-hydrogen) atoms. The molecule has 0 aliphatic carbocycles. The maximum absolute atomic E-state index is 11.8. The summed E-state index contributed by atoms with van der Waals surface area (Å²) in [7, 11) is 0. The number of nitrogens with zero attached hydrogens (tertiary/aromatic N) is 1. The van der Waals surface area contributed by atoms with E-state index in [2.05, 4.69) is 11.4 Å². The zero-order chi connectivity index (χ0) is 14.5. The van der Waals surface area contributed by atoms with Crippen LogP contribution in [-0.2, 0) is 4.79 Å². The van der Waals surface area contributed by atoms with Crippen LogP contribution < -0.4 is 11.1 Å². The van der Waals surface area contributed by atoms with Crippen molar-refractivity contribution in [3.05, 3.63) is 29.8 Å². The van der Waals surface area contributed by atoms with Gasteiger partial charge in [-0.15, -0.1) is 0 Å². The third-order valence-corrected chi connectivity index (χ3v) is 3.03. The van der Waals surface area contributed by atoms with Crippen LogP contribution >= 0.6 is 0 Å². The standard InChI is InChI=1S/C15H21N3O/c1-11(12-4-6-13(17)7-5-12)8-14(19)18-10-15(2,3)9-16/h4-7,11H,8,10,17H2,1-3H3,(H,18,19). The molecule has 0 spiro atoms. The predicted molar refractivity (Wildman–Crippen MR) is 76.3 cm³/mol. The molecule has 1 aromatic rings. The number of anilines is 1. The van der Waals surface area contributed by atoms with Gasteiger partial charge >= 0.3 is 0 Å². The van der Waals surface area contributed by atoms with E-state index < -0.39 is 5.41 Å². The lowest BCUT2D eigenvalue weighted by atomic mass is 9.94. The molecule has 0 heterocycles. The number of nitrogen functional groups attached to an aromatic ring is 1. The van der Waals surface area contributed by atoms with Crippen LogP contribution in [0.25, 0.3) is 0 Å². The van der Waals surface area contributed by atoms with Crippen molar-refractivity contribution in [1.82, 2.24) is 5.32 Å². The Balaban J connectivity index is 2.49. The average molecular weight is 259 g/mol. The Morgan fingerprint density at radius 1 is 1.42 bits per heavy atom. The number of carbonyl (C=O) groups is 1. The quantitative estimate of drug-likeness (QED) is 0.797. The lowest BCUT2D eigenvalue weighted by molar-refractivity contribution is -0.121. The van der Waals surface area contributed by atoms with Gasteiger partial charge in [0.25, 0.3) is 0 Å². The molecule has 1 atom stereocenters. The summed E-state index contributed by atoms with van der Waals surface area (Å²) in [6.07, 6.45) is 0.408. The van der Waals surface area contributed by atoms with Crippen LogP contribution in [-0.4, -0.2) is 12.5 Å². The Morgan fingerprint density at radius 2 is 2.00 bits per heavy atom. The number of nitrogens with one attached hydrogen (secondary N) is 1. The topological polar surface area (TPSA) is 78.9 Å². The third kappa shape index (κ3) is 5.01. The van der Waals surface area contributed by atoms with E-state index in [0.29, 0.717) is 13.0 Å². The maximum atomic E-state index is 11.8. The number of hydrogen-bond acceptors (Lipinski definition) is 3. The Labute approximate surface area is 114 Å². The molecule has 1 unspecified atom stereocenters. The molecule has 4 heteroatoms. The van der Waals surface area contributed by atoms with Crippen molar-refractivity contribution in [1.29, 1.82) is 5.26 Å². The van der Waals surface area contributed by atoms with Crippen LogP contribution in [0.4, 0.5) is 5.69 Å². The summed E-state index contributed by atoms with van der Waals surface area (Å²) < 4.78 is 0. The summed E-state index contributed by atoms with van der Waals surface area (Å²) in [5.41, 5.74) is 6.91. The van der Waals surface area contributed by atoms with E-state index in [1.54, 1.807) is 13.8 Å². The molecule has 0 saturated carbocycles. The minimum absolute atomic E-state index is 0.0346. The number of benzene rings is 1. The van der Waals surface area contributed by atoms with Crippen LogP contribution in [0, 0.1) is 16.7 Å². The first kappa shape index (κ1) is 15.0. The number of amides is 1. The van der Waals surface area contributed by atoms with Crippen LogP contribution in [0.2, 0.25) is 0 Å². The van der Waals surface area contributed by atoms with Gasteiger partial charge in [-0.1, -0.05) is 19.1 Å². The van der Waals surface area contributed by atoms with E-state index in [1.807, 2.05) is 31.2 Å². The van der Waals surface area contributed by atoms with Gasteiger partial charge in [0.15, 0.2) is 0 Å². The van der Waals surface area contributed by atoms with Crippen LogP contribution in [0.5, 0.6) is 0 Å². The molecule has 4 nitrogen and oxygen atoms in total. The molecule has 0 fully saturated rings. The Bertz CT molecular complexity index is 471. The molecule has 0 aromatic heterocycles. The van der Waals surface area contributed by atoms with Gasteiger partial charge in [0.1, 0.15) is 0 Å². The van der Waals surface area contributed by atoms with Crippen LogP contribution in [0.1, 0.15) is 38.7 Å². The summed E-state index contributed by atoms with van der Waals surface area (Å²) in [6, 6.07) is 9.70. The van der Waals surface area contributed by atoms with Gasteiger partial charge in [0.2, 0.25) is 5.91 Å². The highest BCUT2D eigenvalue weighted by atomic mass is 16.1. The smallest absolute Gasteiger partial charge is 0.220 e. The number of hydrogen-bond donors (Lipinski definition) is 2. The van der Waals surface area contributed by atoms with Gasteiger partial charge in [-0.05, 0) is 37.5 Å². The molecule has 1 amide bonds. The fraction of sp³-hybridized carbons (Fsp3) is 0.467. The lowest BCUT2D eigenvalue weighted by Crippen LogP contribution is -2.33. The predicted octanol–water partition coefficient (Wildman–Crippen LogP) is 2.43. The third-order valence-electron chi connectivity index (χ3n) is 3.03. The molecule has 0 saturated heterocycles. The molecular formula is C15H21N3O. The second kappa shape index (κ2) is 6.24. The Morgan fingerprint density at radius 3 is 2.53 bits per heavy atom. The van der Waals surface area contributed by atoms with Crippen molar-refractivity contribution in [2.24, 2.45) is 5.41 Å². The second-order valence-electron chi connectivity index (χ2n) is 5.54. The largest absolute Gasteiger partial charge is 0.399 e. The first-order valence-corrected chi connectivity index (χ1v) is 6.37. The van der Waals surface area contributed by atoms with Gasteiger partial charge in [-0.3, -0.25) is 4.79 Å². The number of nitrogens with two attached hydrogens (primary N) is 1. The maximum Gasteiger partial charge on any atom is 0.220 e. The highest BCUT2D eigenvalue weighted by Crippen LogP contribution is 2.20. The fourth-order valence-corrected chi connectivity index (χ4v) is 1.65. The molecular weight excluding hydrogens is 238 g/mol. The molecule has 0 aliphatic rings. The Hall–Kier alpha value is -2.02. The molecule has 1 rings (SSSR count). The molecule has 1 aromatic carbocycles. The molecule has 0 bridgehead atoms. The molecule has 0 aliphatic heterocycles. The zero-order valence-electron chi connectivity index (χ0n) is 11.7. The highest BCUT2D eigenvalue weighted by Gasteiger charge is 2.18. The van der Waals surface area contributed by atoms with E-state index in [-0.39, 0.29) is 11.8 Å². The first-order valence-electron chi connectivity index (χ1n) is 6.37. The molecule has 102 valence electrons. The van der Waals surface area contributed by atoms with Crippen molar-refractivity contribution >= 4 is 11.6 Å². The van der Waals surface area contributed by atoms with Gasteiger partial charge < -0.3 is 11.1 Å². The van der Waals surface area contributed by atoms with Gasteiger partial charge in [0, 0.05) is 18.7 Å². The summed E-state index contributed by atoms with van der Waals surface area (Å²) in [6.45, 7) is 5.98. The zero-order valence-corrected chi connectivity index (χ0v) is 11.7. The van der Waals surface area contributed by atoms with Crippen molar-refractivity contribution in [3.8, 4) is 6.07 Å². The van der Waals surface area contributed by atoms with Gasteiger partial charge in [-0.25, -0.2) is 0 Å². The van der Waals surface area contributed by atoms with E-state index in [9.17, 15) is 4.79 Å². The second-order valence-corrected chi connectivity index (χ2v) is 5.54. The van der Waals surface area contributed by atoms with Crippen LogP contribution in [0.3, 0.4) is 0 Å². The minimum atomic E-state index is -0.528. The van der Waals surface area contributed by atoms with Crippen molar-refractivity contribution < 1.29 is 4.79 Å². The lowest BCUT2D eigenvalue weighted by Gasteiger charge is -2.17. The fourth-order valence-electron chi connectivity index (χ4n) is 1.65.